The van der Waals surface area contributed by atoms with Crippen molar-refractivity contribution in [1.82, 2.24) is 4.98 Å². The Morgan fingerprint density at radius 3 is 1.57 bits per heavy atom. The number of aromatic nitrogens is 1. The van der Waals surface area contributed by atoms with Crippen molar-refractivity contribution in [2.24, 2.45) is 0 Å². The third kappa shape index (κ3) is 19.9. The van der Waals surface area contributed by atoms with Gasteiger partial charge in [-0.3, -0.25) is 37.8 Å². The molecule has 22 nitrogen and oxygen atoms in total. The summed E-state index contributed by atoms with van der Waals surface area (Å²) in [5, 5.41) is 0. The molecule has 3 N–H and O–H groups in total. The molecule has 27 heteroatoms. The summed E-state index contributed by atoms with van der Waals surface area (Å²) in [6.07, 6.45) is 13.4. The number of fused-ring (bicyclic) bond motifs is 2. The van der Waals surface area contributed by atoms with Crippen LogP contribution < -0.4 is 4.90 Å². The van der Waals surface area contributed by atoms with E-state index in [0.717, 1.165) is 35.4 Å². The van der Waals surface area contributed by atoms with Gasteiger partial charge in [0.1, 0.15) is 6.54 Å². The number of unbranched alkanes of at least 4 members (excludes halogenated alkanes) is 1. The molecule has 0 atom stereocenters. The number of benzene rings is 2. The Balaban J connectivity index is 0.00000196. The van der Waals surface area contributed by atoms with E-state index in [0.29, 0.717) is 65.9 Å². The van der Waals surface area contributed by atoms with Gasteiger partial charge in [0.15, 0.2) is 28.8 Å². The Morgan fingerprint density at radius 2 is 1.06 bits per heavy atom. The Morgan fingerprint density at radius 1 is 0.600 bits per heavy atom. The Labute approximate surface area is 470 Å². The highest BCUT2D eigenvalue weighted by Crippen LogP contribution is 2.51. The predicted molar refractivity (Wildman–Crippen MR) is 299 cm³/mol. The van der Waals surface area contributed by atoms with Crippen LogP contribution >= 0.6 is 0 Å². The number of hydrogen-bond acceptors (Lipinski definition) is 18. The van der Waals surface area contributed by atoms with E-state index in [2.05, 4.69) is 30.7 Å². The summed E-state index contributed by atoms with van der Waals surface area (Å²) in [5.74, 6) is -3.16. The van der Waals surface area contributed by atoms with Crippen LogP contribution in [0.3, 0.4) is 0 Å². The largest absolute Gasteiger partial charge is 0.425 e. The molecular formula is C53H68N3O19S5+. The van der Waals surface area contributed by atoms with Crippen molar-refractivity contribution in [3.05, 3.63) is 118 Å². The van der Waals surface area contributed by atoms with Crippen molar-refractivity contribution in [3.63, 3.8) is 0 Å². The molecule has 438 valence electrons. The fraction of sp³-hybridized carbons (Fsp3) is 0.472. The van der Waals surface area contributed by atoms with Gasteiger partial charge in [0.25, 0.3) is 30.4 Å². The van der Waals surface area contributed by atoms with E-state index in [4.69, 9.17) is 25.3 Å². The second-order valence-corrected chi connectivity index (χ2v) is 25.4. The lowest BCUT2D eigenvalue weighted by Crippen LogP contribution is -2.29. The Hall–Kier alpha value is -6.07. The average Bonchev–Trinajstić information content (AvgIpc) is 3.88. The van der Waals surface area contributed by atoms with Crippen LogP contribution in [0.15, 0.2) is 78.8 Å². The van der Waals surface area contributed by atoms with E-state index in [1.165, 1.54) is 12.1 Å². The summed E-state index contributed by atoms with van der Waals surface area (Å²) in [4.78, 5) is 61.8. The van der Waals surface area contributed by atoms with Gasteiger partial charge < -0.3 is 4.90 Å². The summed E-state index contributed by atoms with van der Waals surface area (Å²) in [7, 11) is -19.5. The summed E-state index contributed by atoms with van der Waals surface area (Å²) in [6, 6.07) is 10.3. The first-order chi connectivity index (χ1) is 37.1. The summed E-state index contributed by atoms with van der Waals surface area (Å²) in [6.45, 7) is 14.4. The number of nitrogens with zero attached hydrogens (tertiary/aromatic N) is 3. The van der Waals surface area contributed by atoms with Crippen LogP contribution in [-0.4, -0.2) is 133 Å². The minimum absolute atomic E-state index is 0.0150. The van der Waals surface area contributed by atoms with Crippen LogP contribution in [0.25, 0.3) is 5.57 Å². The van der Waals surface area contributed by atoms with Crippen LogP contribution in [0.4, 0.5) is 11.4 Å². The fourth-order valence-corrected chi connectivity index (χ4v) is 11.2. The van der Waals surface area contributed by atoms with Crippen molar-refractivity contribution in [1.29, 1.82) is 0 Å². The molecule has 0 saturated heterocycles. The van der Waals surface area contributed by atoms with Crippen LogP contribution in [0.5, 0.6) is 0 Å². The smallest absolute Gasteiger partial charge is 0.344 e. The molecule has 2 aromatic carbocycles. The fourth-order valence-electron chi connectivity index (χ4n) is 9.72. The number of Topliss-reactive ketones (excluding diaryl/α,β-unsaturated/α-hetero) is 4. The maximum atomic E-state index is 14.2. The van der Waals surface area contributed by atoms with Gasteiger partial charge in [-0.15, -0.1) is 25.3 Å². The van der Waals surface area contributed by atoms with E-state index < -0.39 is 91.2 Å². The standard InChI is InChI=1S/C53H67N3O13S3.2O3S/c1-8-11-27-55-42-34-38(44(57)15-9-2)32-40(46(59)16-10-3)50(42)52(4,5)48(55)21-19-36(37-23-25-54-26-24-37)20-22-49-53(6,7)51-41(47(60)18-13-30-71(64,65)66)33-39(45(58)17-12-29-70(61,62)63)35-43(51)56(49)28-14-31-72(67,68)69;2*1-4(2)3/h19-26,32-35H,8-18,27-31H2,1-7H3,(H2-,61,62,63,64,65,66,67,68,69);;/p+1. The van der Waals surface area contributed by atoms with Crippen molar-refractivity contribution in [2.75, 3.05) is 35.2 Å². The highest BCUT2D eigenvalue weighted by molar-refractivity contribution is 7.86. The van der Waals surface area contributed by atoms with Crippen molar-refractivity contribution in [2.45, 2.75) is 130 Å². The molecule has 0 unspecified atom stereocenters. The number of carbonyl (C=O) groups is 4. The molecule has 80 heavy (non-hydrogen) atoms. The molecule has 0 amide bonds. The van der Waals surface area contributed by atoms with Crippen molar-refractivity contribution in [3.8, 4) is 0 Å². The number of ketones is 4. The quantitative estimate of drug-likeness (QED) is 0.0287. The maximum Gasteiger partial charge on any atom is 0.425 e. The molecule has 2 aliphatic rings. The molecule has 0 saturated carbocycles. The molecule has 0 radical (unpaired) electrons. The van der Waals surface area contributed by atoms with E-state index in [1.807, 2.05) is 70.2 Å². The minimum Gasteiger partial charge on any atom is -0.344 e. The van der Waals surface area contributed by atoms with E-state index >= 15 is 0 Å². The van der Waals surface area contributed by atoms with E-state index in [1.54, 1.807) is 23.0 Å². The lowest BCUT2D eigenvalue weighted by molar-refractivity contribution is -0.437. The Bertz CT molecular complexity index is 3510. The molecule has 0 aliphatic carbocycles. The average molecular weight is 1210 g/mol. The number of anilines is 1. The third-order valence-corrected chi connectivity index (χ3v) is 15.5. The number of pyridine rings is 1. The second kappa shape index (κ2) is 29.6. The zero-order valence-electron chi connectivity index (χ0n) is 45.5. The third-order valence-electron chi connectivity index (χ3n) is 13.1. The molecule has 5 rings (SSSR count). The number of allylic oxidation sites excluding steroid dienone is 6. The summed E-state index contributed by atoms with van der Waals surface area (Å²) >= 11 is 0. The number of carbonyl (C=O) groups excluding carboxylic acids is 4. The van der Waals surface area contributed by atoms with Gasteiger partial charge in [0.05, 0.1) is 28.2 Å². The molecule has 3 heterocycles. The van der Waals surface area contributed by atoms with Gasteiger partial charge in [0.2, 0.25) is 5.69 Å². The first-order valence-electron chi connectivity index (χ1n) is 25.4. The first-order valence-corrected chi connectivity index (χ1v) is 32.3. The SMILES string of the molecule is CCCCN1C(=CC=C(C=CC2=[N+](CCCS(=O)(=O)O)c3cc(C(=O)CCCS(=O)(=O)O)cc(C(=O)CCCS(=O)(=O)O)c3C2(C)C)c2ccncc2)C(C)(C)c2c(C(=O)CCC)cc(C(=O)CCC)cc21.O=S(=O)=O.O=S(=O)=O. The molecule has 0 bridgehead atoms. The molecule has 0 fully saturated rings. The lowest BCUT2D eigenvalue weighted by Gasteiger charge is -2.27. The lowest BCUT2D eigenvalue weighted by atomic mass is 9.77. The van der Waals surface area contributed by atoms with Gasteiger partial charge in [-0.1, -0.05) is 47.1 Å². The van der Waals surface area contributed by atoms with Crippen LogP contribution in [-0.2, 0) is 62.4 Å². The zero-order chi connectivity index (χ0) is 60.6. The predicted octanol–water partition coefficient (Wildman–Crippen LogP) is 7.52. The summed E-state index contributed by atoms with van der Waals surface area (Å²) in [5.41, 5.74) is 4.74. The molecule has 2 aliphatic heterocycles. The normalized spacial score (nSPS) is 15.2. The van der Waals surface area contributed by atoms with Crippen LogP contribution in [0.2, 0.25) is 0 Å². The monoisotopic (exact) mass is 1210 g/mol. The van der Waals surface area contributed by atoms with Gasteiger partial charge >= 0.3 is 21.2 Å². The van der Waals surface area contributed by atoms with Crippen LogP contribution in [0, 0.1) is 0 Å². The highest BCUT2D eigenvalue weighted by Gasteiger charge is 2.48. The van der Waals surface area contributed by atoms with E-state index in [9.17, 15) is 58.1 Å². The topological polar surface area (TPSA) is 353 Å². The molecule has 1 aromatic heterocycles. The second-order valence-electron chi connectivity index (χ2n) is 19.9. The Kier molecular flexibility index (Phi) is 25.2. The van der Waals surface area contributed by atoms with Gasteiger partial charge in [0, 0.05) is 102 Å². The van der Waals surface area contributed by atoms with Gasteiger partial charge in [-0.2, -0.15) is 29.8 Å². The summed E-state index contributed by atoms with van der Waals surface area (Å²) < 4.78 is 151. The van der Waals surface area contributed by atoms with Gasteiger partial charge in [-0.25, -0.2) is 0 Å². The number of hydrogen-bond donors (Lipinski definition) is 3. The molecule has 0 spiro atoms. The van der Waals surface area contributed by atoms with Crippen LogP contribution in [0.1, 0.15) is 177 Å². The van der Waals surface area contributed by atoms with Crippen molar-refractivity contribution >= 4 is 97.4 Å². The number of rotatable bonds is 27. The van der Waals surface area contributed by atoms with E-state index in [-0.39, 0.29) is 61.3 Å². The van der Waals surface area contributed by atoms with Crippen molar-refractivity contribution < 1.29 is 87.9 Å². The zero-order valence-corrected chi connectivity index (χ0v) is 49.6. The maximum absolute atomic E-state index is 14.2. The minimum atomic E-state index is -4.43. The highest BCUT2D eigenvalue weighted by atomic mass is 32.2. The molecular weight excluding hydrogens is 1140 g/mol. The van der Waals surface area contributed by atoms with Gasteiger partial charge in [-0.05, 0) is 105 Å². The first kappa shape index (κ1) is 68.2. The molecule has 3 aromatic rings.